The highest BCUT2D eigenvalue weighted by Crippen LogP contribution is 2.37. The Hall–Kier alpha value is -2.34. The van der Waals surface area contributed by atoms with Crippen LogP contribution in [0.1, 0.15) is 18.6 Å². The molecule has 1 aliphatic rings. The molecule has 0 radical (unpaired) electrons. The first-order chi connectivity index (χ1) is 11.2. The van der Waals surface area contributed by atoms with Crippen molar-refractivity contribution in [3.8, 4) is 5.75 Å². The van der Waals surface area contributed by atoms with Crippen LogP contribution in [-0.4, -0.2) is 18.0 Å². The first-order valence-electron chi connectivity index (χ1n) is 7.53. The number of ether oxygens (including phenoxy) is 1. The fourth-order valence-corrected chi connectivity index (χ4v) is 3.48. The molecule has 0 bridgehead atoms. The van der Waals surface area contributed by atoms with E-state index in [2.05, 4.69) is 4.98 Å². The highest BCUT2D eigenvalue weighted by Gasteiger charge is 2.35. The number of fused-ring (bicyclic) bond motifs is 1. The predicted octanol–water partition coefficient (Wildman–Crippen LogP) is 3.84. The molecule has 0 unspecified atom stereocenters. The van der Waals surface area contributed by atoms with Crippen LogP contribution in [0.2, 0.25) is 0 Å². The number of nitrogens with zero attached hydrogens (tertiary/aromatic N) is 2. The molecule has 0 saturated heterocycles. The highest BCUT2D eigenvalue weighted by atomic mass is 32.1. The Bertz CT molecular complexity index is 837. The summed E-state index contributed by atoms with van der Waals surface area (Å²) >= 11 is 1.50. The van der Waals surface area contributed by atoms with Gasteiger partial charge in [0.1, 0.15) is 11.5 Å². The molecule has 0 N–H and O–H groups in total. The average molecular weight is 328 g/mol. The summed E-state index contributed by atoms with van der Waals surface area (Å²) in [4.78, 5) is 19.0. The molecule has 2 heterocycles. The molecule has 5 nitrogen and oxygen atoms in total. The second-order valence-electron chi connectivity index (χ2n) is 5.61. The lowest BCUT2D eigenvalue weighted by Crippen LogP contribution is -2.31. The van der Waals surface area contributed by atoms with Gasteiger partial charge >= 0.3 is 0 Å². The normalized spacial score (nSPS) is 14.1. The highest BCUT2D eigenvalue weighted by molar-refractivity contribution is 7.22. The van der Waals surface area contributed by atoms with Crippen molar-refractivity contribution in [2.75, 3.05) is 12.0 Å². The lowest BCUT2D eigenvalue weighted by molar-refractivity contribution is -0.120. The Balaban J connectivity index is 1.71. The largest absolute Gasteiger partial charge is 0.497 e. The Kier molecular flexibility index (Phi) is 3.53. The number of thiazole rings is 1. The smallest absolute Gasteiger partial charge is 0.232 e. The van der Waals surface area contributed by atoms with Gasteiger partial charge in [0.25, 0.3) is 0 Å². The van der Waals surface area contributed by atoms with E-state index in [0.717, 1.165) is 34.6 Å². The fraction of sp³-hybridized carbons (Fsp3) is 0.294. The molecular weight excluding hydrogens is 312 g/mol. The minimum absolute atomic E-state index is 0.131. The van der Waals surface area contributed by atoms with Crippen molar-refractivity contribution in [2.45, 2.75) is 19.4 Å². The van der Waals surface area contributed by atoms with Gasteiger partial charge in [-0.3, -0.25) is 9.69 Å². The Labute approximate surface area is 137 Å². The topological polar surface area (TPSA) is 55.6 Å². The van der Waals surface area contributed by atoms with E-state index in [9.17, 15) is 4.79 Å². The molecule has 2 aromatic heterocycles. The van der Waals surface area contributed by atoms with E-state index in [1.165, 1.54) is 11.3 Å². The molecule has 1 aromatic carbocycles. The molecule has 118 valence electrons. The Morgan fingerprint density at radius 2 is 2.30 bits per heavy atom. The standard InChI is InChI=1S/C17H16N2O3S/c1-21-12-6-7-14-15(9-12)23-17(18-14)19(16(20)11-4-5-11)10-13-3-2-8-22-13/h2-3,6-9,11H,4-5,10H2,1H3. The Morgan fingerprint density at radius 1 is 1.43 bits per heavy atom. The van der Waals surface area contributed by atoms with Crippen LogP contribution in [-0.2, 0) is 11.3 Å². The van der Waals surface area contributed by atoms with Crippen LogP contribution in [0.5, 0.6) is 5.75 Å². The summed E-state index contributed by atoms with van der Waals surface area (Å²) in [6, 6.07) is 9.46. The van der Waals surface area contributed by atoms with E-state index < -0.39 is 0 Å². The first kappa shape index (κ1) is 14.3. The van der Waals surface area contributed by atoms with Crippen molar-refractivity contribution in [1.82, 2.24) is 4.98 Å². The second kappa shape index (κ2) is 5.70. The zero-order valence-corrected chi connectivity index (χ0v) is 13.5. The molecule has 1 aliphatic carbocycles. The van der Waals surface area contributed by atoms with Gasteiger partial charge in [-0.1, -0.05) is 11.3 Å². The van der Waals surface area contributed by atoms with Crippen LogP contribution in [0.15, 0.2) is 41.0 Å². The summed E-state index contributed by atoms with van der Waals surface area (Å²) in [5, 5.41) is 0.710. The number of aromatic nitrogens is 1. The molecule has 1 fully saturated rings. The molecule has 0 spiro atoms. The van der Waals surface area contributed by atoms with Gasteiger partial charge in [-0.25, -0.2) is 4.98 Å². The number of rotatable bonds is 5. The lowest BCUT2D eigenvalue weighted by Gasteiger charge is -2.18. The van der Waals surface area contributed by atoms with Crippen molar-refractivity contribution in [1.29, 1.82) is 0 Å². The molecule has 1 amide bonds. The van der Waals surface area contributed by atoms with Crippen LogP contribution in [0.25, 0.3) is 10.2 Å². The summed E-state index contributed by atoms with van der Waals surface area (Å²) in [6.07, 6.45) is 3.55. The average Bonchev–Trinajstić information content (AvgIpc) is 3.13. The number of methoxy groups -OCH3 is 1. The van der Waals surface area contributed by atoms with Crippen LogP contribution >= 0.6 is 11.3 Å². The number of anilines is 1. The first-order valence-corrected chi connectivity index (χ1v) is 8.34. The van der Waals surface area contributed by atoms with E-state index in [-0.39, 0.29) is 11.8 Å². The number of amides is 1. The molecule has 3 aromatic rings. The van der Waals surface area contributed by atoms with E-state index in [4.69, 9.17) is 9.15 Å². The van der Waals surface area contributed by atoms with Gasteiger partial charge in [-0.15, -0.1) is 0 Å². The predicted molar refractivity (Wildman–Crippen MR) is 88.8 cm³/mol. The van der Waals surface area contributed by atoms with E-state index >= 15 is 0 Å². The molecular formula is C17H16N2O3S. The number of furan rings is 1. The number of carbonyl (C=O) groups excluding carboxylic acids is 1. The van der Waals surface area contributed by atoms with Crippen LogP contribution in [0, 0.1) is 5.92 Å². The maximum absolute atomic E-state index is 12.7. The zero-order valence-electron chi connectivity index (χ0n) is 12.7. The van der Waals surface area contributed by atoms with E-state index in [1.54, 1.807) is 18.3 Å². The zero-order chi connectivity index (χ0) is 15.8. The van der Waals surface area contributed by atoms with Gasteiger partial charge in [0, 0.05) is 5.92 Å². The van der Waals surface area contributed by atoms with Crippen molar-refractivity contribution in [2.24, 2.45) is 5.92 Å². The maximum Gasteiger partial charge on any atom is 0.232 e. The minimum Gasteiger partial charge on any atom is -0.497 e. The maximum atomic E-state index is 12.7. The number of hydrogen-bond donors (Lipinski definition) is 0. The van der Waals surface area contributed by atoms with Gasteiger partial charge in [0.15, 0.2) is 5.13 Å². The fourth-order valence-electron chi connectivity index (χ4n) is 2.48. The SMILES string of the molecule is COc1ccc2nc(N(Cc3ccco3)C(=O)C3CC3)sc2c1. The monoisotopic (exact) mass is 328 g/mol. The quantitative estimate of drug-likeness (QED) is 0.714. The van der Waals surface area contributed by atoms with Crippen LogP contribution in [0.3, 0.4) is 0 Å². The van der Waals surface area contributed by atoms with Gasteiger partial charge in [0.05, 0.1) is 30.1 Å². The van der Waals surface area contributed by atoms with Crippen molar-refractivity contribution < 1.29 is 13.9 Å². The van der Waals surface area contributed by atoms with E-state index in [1.807, 2.05) is 30.3 Å². The minimum atomic E-state index is 0.131. The summed E-state index contributed by atoms with van der Waals surface area (Å²) in [5.74, 6) is 1.81. The number of hydrogen-bond acceptors (Lipinski definition) is 5. The van der Waals surface area contributed by atoms with Crippen LogP contribution < -0.4 is 9.64 Å². The van der Waals surface area contributed by atoms with Gasteiger partial charge in [0.2, 0.25) is 5.91 Å². The summed E-state index contributed by atoms with van der Waals surface area (Å²) in [7, 11) is 1.64. The van der Waals surface area contributed by atoms with Crippen molar-refractivity contribution in [3.63, 3.8) is 0 Å². The summed E-state index contributed by atoms with van der Waals surface area (Å²) in [6.45, 7) is 0.416. The third-order valence-corrected chi connectivity index (χ3v) is 4.94. The lowest BCUT2D eigenvalue weighted by atomic mass is 10.3. The molecule has 23 heavy (non-hydrogen) atoms. The van der Waals surface area contributed by atoms with Crippen molar-refractivity contribution in [3.05, 3.63) is 42.4 Å². The molecule has 0 atom stereocenters. The van der Waals surface area contributed by atoms with Crippen LogP contribution in [0.4, 0.5) is 5.13 Å². The number of carbonyl (C=O) groups is 1. The third-order valence-electron chi connectivity index (χ3n) is 3.90. The van der Waals surface area contributed by atoms with Crippen molar-refractivity contribution >= 4 is 32.6 Å². The third kappa shape index (κ3) is 2.82. The molecule has 0 aliphatic heterocycles. The summed E-state index contributed by atoms with van der Waals surface area (Å²) < 4.78 is 11.7. The van der Waals surface area contributed by atoms with E-state index in [0.29, 0.717) is 11.7 Å². The van der Waals surface area contributed by atoms with Gasteiger partial charge < -0.3 is 9.15 Å². The second-order valence-corrected chi connectivity index (χ2v) is 6.62. The molecule has 6 heteroatoms. The summed E-state index contributed by atoms with van der Waals surface area (Å²) in [5.41, 5.74) is 0.874. The van der Waals surface area contributed by atoms with Gasteiger partial charge in [-0.2, -0.15) is 0 Å². The van der Waals surface area contributed by atoms with Gasteiger partial charge in [-0.05, 0) is 43.2 Å². The Morgan fingerprint density at radius 3 is 3.00 bits per heavy atom. The molecule has 4 rings (SSSR count). The number of benzene rings is 1. The molecule has 1 saturated carbocycles.